The molecule has 26 heavy (non-hydrogen) atoms. The maximum Gasteiger partial charge on any atom is 0.271 e. The number of thiazole rings is 1. The summed E-state index contributed by atoms with van der Waals surface area (Å²) in [6, 6.07) is 7.18. The standard InChI is InChI=1S/C18H19BrN2O2S3/c1-11-5-6-14(13(19)7-11)21-26(22,23)16-8-12(9-24-16)17-20-15(10-25-17)18(2,3)4/h5-10,21H,1-4H3. The highest BCUT2D eigenvalue weighted by atomic mass is 79.9. The van der Waals surface area contributed by atoms with Crippen LogP contribution in [0.2, 0.25) is 0 Å². The van der Waals surface area contributed by atoms with E-state index in [2.05, 4.69) is 46.4 Å². The molecule has 2 heterocycles. The van der Waals surface area contributed by atoms with Crippen LogP contribution in [0.4, 0.5) is 5.69 Å². The Labute approximate surface area is 170 Å². The van der Waals surface area contributed by atoms with Crippen LogP contribution in [0, 0.1) is 6.92 Å². The number of halogens is 1. The SMILES string of the molecule is Cc1ccc(NS(=O)(=O)c2cc(-c3nc(C(C)(C)C)cs3)cs2)c(Br)c1. The number of hydrogen-bond acceptors (Lipinski definition) is 5. The Hall–Kier alpha value is -1.22. The van der Waals surface area contributed by atoms with Crippen molar-refractivity contribution in [1.29, 1.82) is 0 Å². The van der Waals surface area contributed by atoms with Crippen LogP contribution < -0.4 is 4.72 Å². The second kappa shape index (κ2) is 7.07. The Morgan fingerprint density at radius 1 is 1.12 bits per heavy atom. The van der Waals surface area contributed by atoms with Crippen molar-refractivity contribution in [2.24, 2.45) is 0 Å². The van der Waals surface area contributed by atoms with Crippen molar-refractivity contribution in [2.45, 2.75) is 37.3 Å². The third-order valence-electron chi connectivity index (χ3n) is 3.73. The minimum atomic E-state index is -3.64. The minimum absolute atomic E-state index is 0.0288. The smallest absolute Gasteiger partial charge is 0.271 e. The van der Waals surface area contributed by atoms with Crippen LogP contribution in [0.15, 0.2) is 43.7 Å². The number of thiophene rings is 1. The zero-order chi connectivity index (χ0) is 19.1. The highest BCUT2D eigenvalue weighted by molar-refractivity contribution is 9.10. The number of hydrogen-bond donors (Lipinski definition) is 1. The largest absolute Gasteiger partial charge is 0.278 e. The van der Waals surface area contributed by atoms with Crippen LogP contribution >= 0.6 is 38.6 Å². The molecule has 0 aliphatic carbocycles. The molecule has 0 saturated heterocycles. The molecular formula is C18H19BrN2O2S3. The molecule has 2 aromatic heterocycles. The summed E-state index contributed by atoms with van der Waals surface area (Å²) in [5.74, 6) is 0. The molecule has 0 aliphatic heterocycles. The minimum Gasteiger partial charge on any atom is -0.278 e. The maximum atomic E-state index is 12.7. The third-order valence-corrected chi connectivity index (χ3v) is 8.08. The van der Waals surface area contributed by atoms with Crippen molar-refractivity contribution in [2.75, 3.05) is 4.72 Å². The van der Waals surface area contributed by atoms with Crippen molar-refractivity contribution in [1.82, 2.24) is 4.98 Å². The van der Waals surface area contributed by atoms with Crippen molar-refractivity contribution < 1.29 is 8.42 Å². The number of aromatic nitrogens is 1. The molecule has 8 heteroatoms. The quantitative estimate of drug-likeness (QED) is 0.505. The van der Waals surface area contributed by atoms with Crippen molar-refractivity contribution in [3.05, 3.63) is 50.8 Å². The van der Waals surface area contributed by atoms with Crippen molar-refractivity contribution >= 4 is 54.3 Å². The van der Waals surface area contributed by atoms with E-state index in [-0.39, 0.29) is 9.62 Å². The summed E-state index contributed by atoms with van der Waals surface area (Å²) in [4.78, 5) is 4.66. The number of nitrogens with zero attached hydrogens (tertiary/aromatic N) is 1. The van der Waals surface area contributed by atoms with Crippen LogP contribution in [-0.2, 0) is 15.4 Å². The monoisotopic (exact) mass is 470 g/mol. The molecule has 0 unspecified atom stereocenters. The summed E-state index contributed by atoms with van der Waals surface area (Å²) in [6.07, 6.45) is 0. The second-order valence-electron chi connectivity index (χ2n) is 7.03. The fraction of sp³-hybridized carbons (Fsp3) is 0.278. The van der Waals surface area contributed by atoms with Gasteiger partial charge in [-0.1, -0.05) is 26.8 Å². The Balaban J connectivity index is 1.87. The molecule has 0 atom stereocenters. The average Bonchev–Trinajstić information content (AvgIpc) is 3.17. The lowest BCUT2D eigenvalue weighted by molar-refractivity contribution is 0.573. The summed E-state index contributed by atoms with van der Waals surface area (Å²) in [6.45, 7) is 8.28. The number of nitrogens with one attached hydrogen (secondary N) is 1. The molecule has 0 fully saturated rings. The Kier molecular flexibility index (Phi) is 5.31. The Morgan fingerprint density at radius 2 is 1.85 bits per heavy atom. The first-order valence-corrected chi connectivity index (χ1v) is 11.9. The predicted octanol–water partition coefficient (Wildman–Crippen LogP) is 6.04. The molecule has 138 valence electrons. The van der Waals surface area contributed by atoms with Crippen LogP contribution in [0.3, 0.4) is 0 Å². The topological polar surface area (TPSA) is 59.1 Å². The molecule has 0 saturated carbocycles. The van der Waals surface area contributed by atoms with Gasteiger partial charge in [0, 0.05) is 26.2 Å². The van der Waals surface area contributed by atoms with E-state index < -0.39 is 10.0 Å². The number of rotatable bonds is 4. The van der Waals surface area contributed by atoms with E-state index in [4.69, 9.17) is 0 Å². The van der Waals surface area contributed by atoms with E-state index in [1.165, 1.54) is 22.7 Å². The molecule has 0 amide bonds. The van der Waals surface area contributed by atoms with E-state index in [0.717, 1.165) is 21.8 Å². The number of benzene rings is 1. The van der Waals surface area contributed by atoms with Gasteiger partial charge in [-0.3, -0.25) is 4.72 Å². The maximum absolute atomic E-state index is 12.7. The van der Waals surface area contributed by atoms with Crippen LogP contribution in [0.25, 0.3) is 10.6 Å². The predicted molar refractivity (Wildman–Crippen MR) is 114 cm³/mol. The van der Waals surface area contributed by atoms with Gasteiger partial charge in [0.2, 0.25) is 0 Å². The van der Waals surface area contributed by atoms with Gasteiger partial charge < -0.3 is 0 Å². The molecule has 4 nitrogen and oxygen atoms in total. The Morgan fingerprint density at radius 3 is 2.46 bits per heavy atom. The molecule has 3 rings (SSSR count). The molecule has 1 aromatic carbocycles. The molecule has 3 aromatic rings. The van der Waals surface area contributed by atoms with E-state index in [9.17, 15) is 8.42 Å². The van der Waals surface area contributed by atoms with Gasteiger partial charge in [-0.15, -0.1) is 22.7 Å². The first kappa shape index (κ1) is 19.5. The first-order chi connectivity index (χ1) is 12.1. The molecular weight excluding hydrogens is 452 g/mol. The van der Waals surface area contributed by atoms with Gasteiger partial charge >= 0.3 is 0 Å². The summed E-state index contributed by atoms with van der Waals surface area (Å²) in [7, 11) is -3.64. The Bertz CT molecular complexity index is 1050. The third kappa shape index (κ3) is 4.19. The van der Waals surface area contributed by atoms with Crippen molar-refractivity contribution in [3.8, 4) is 10.6 Å². The molecule has 0 bridgehead atoms. The number of sulfonamides is 1. The lowest BCUT2D eigenvalue weighted by Gasteiger charge is -2.14. The van der Waals surface area contributed by atoms with Gasteiger partial charge in [-0.05, 0) is 46.6 Å². The fourth-order valence-corrected chi connectivity index (χ4v) is 6.30. The first-order valence-electron chi connectivity index (χ1n) is 7.90. The van der Waals surface area contributed by atoms with Gasteiger partial charge in [0.25, 0.3) is 10.0 Å². The molecule has 0 radical (unpaired) electrons. The van der Waals surface area contributed by atoms with E-state index >= 15 is 0 Å². The van der Waals surface area contributed by atoms with Crippen LogP contribution in [-0.4, -0.2) is 13.4 Å². The van der Waals surface area contributed by atoms with Crippen LogP contribution in [0.1, 0.15) is 32.0 Å². The summed E-state index contributed by atoms with van der Waals surface area (Å²) in [5, 5.41) is 4.71. The molecule has 0 spiro atoms. The summed E-state index contributed by atoms with van der Waals surface area (Å²) < 4.78 is 29.0. The van der Waals surface area contributed by atoms with Crippen LogP contribution in [0.5, 0.6) is 0 Å². The zero-order valence-corrected chi connectivity index (χ0v) is 18.9. The fourth-order valence-electron chi connectivity index (χ4n) is 2.22. The van der Waals surface area contributed by atoms with Gasteiger partial charge in [0.05, 0.1) is 11.4 Å². The van der Waals surface area contributed by atoms with E-state index in [1.807, 2.05) is 29.8 Å². The van der Waals surface area contributed by atoms with Gasteiger partial charge in [0.1, 0.15) is 9.22 Å². The van der Waals surface area contributed by atoms with Crippen molar-refractivity contribution in [3.63, 3.8) is 0 Å². The number of aryl methyl sites for hydroxylation is 1. The highest BCUT2D eigenvalue weighted by Gasteiger charge is 2.21. The van der Waals surface area contributed by atoms with E-state index in [1.54, 1.807) is 12.1 Å². The summed E-state index contributed by atoms with van der Waals surface area (Å²) in [5.41, 5.74) is 3.39. The molecule has 1 N–H and O–H groups in total. The lowest BCUT2D eigenvalue weighted by atomic mass is 9.93. The number of anilines is 1. The van der Waals surface area contributed by atoms with Gasteiger partial charge in [-0.25, -0.2) is 13.4 Å². The molecule has 0 aliphatic rings. The second-order valence-corrected chi connectivity index (χ2v) is 11.6. The van der Waals surface area contributed by atoms with E-state index in [0.29, 0.717) is 10.2 Å². The normalized spacial score (nSPS) is 12.3. The average molecular weight is 471 g/mol. The summed E-state index contributed by atoms with van der Waals surface area (Å²) >= 11 is 6.14. The van der Waals surface area contributed by atoms with Gasteiger partial charge in [0.15, 0.2) is 0 Å². The van der Waals surface area contributed by atoms with Gasteiger partial charge in [-0.2, -0.15) is 0 Å². The lowest BCUT2D eigenvalue weighted by Crippen LogP contribution is -2.12. The zero-order valence-electron chi connectivity index (χ0n) is 14.8. The highest BCUT2D eigenvalue weighted by Crippen LogP contribution is 2.34.